The van der Waals surface area contributed by atoms with Gasteiger partial charge in [0.25, 0.3) is 0 Å². The third kappa shape index (κ3) is 6.41. The summed E-state index contributed by atoms with van der Waals surface area (Å²) in [7, 11) is 0. The van der Waals surface area contributed by atoms with E-state index in [4.69, 9.17) is 14.2 Å². The number of rotatable bonds is 8. The van der Waals surface area contributed by atoms with Gasteiger partial charge in [-0.3, -0.25) is 9.59 Å². The number of hydrogen-bond acceptors (Lipinski definition) is 8. The molecule has 0 spiro atoms. The van der Waals surface area contributed by atoms with E-state index >= 15 is 0 Å². The van der Waals surface area contributed by atoms with Gasteiger partial charge in [0.05, 0.1) is 18.7 Å². The molecule has 43 heavy (non-hydrogen) atoms. The molecule has 1 atom stereocenters. The number of amides is 2. The Balaban J connectivity index is 1.38. The van der Waals surface area contributed by atoms with E-state index in [1.165, 1.54) is 0 Å². The zero-order valence-electron chi connectivity index (χ0n) is 24.7. The number of para-hydroxylation sites is 1. The van der Waals surface area contributed by atoms with Crippen LogP contribution in [0.3, 0.4) is 0 Å². The number of aromatic nitrogens is 3. The van der Waals surface area contributed by atoms with Gasteiger partial charge < -0.3 is 29.3 Å². The minimum Gasteiger partial charge on any atom is -0.454 e. The van der Waals surface area contributed by atoms with Gasteiger partial charge >= 0.3 is 0 Å². The Bertz CT molecular complexity index is 1610. The summed E-state index contributed by atoms with van der Waals surface area (Å²) in [4.78, 5) is 32.2. The Labute approximate surface area is 250 Å². The molecule has 11 nitrogen and oxygen atoms in total. The maximum absolute atomic E-state index is 14.3. The second-order valence-electron chi connectivity index (χ2n) is 11.8. The number of hydrogen-bond donors (Lipinski definition) is 1. The molecule has 6 rings (SSSR count). The number of anilines is 1. The summed E-state index contributed by atoms with van der Waals surface area (Å²) in [6.07, 6.45) is 0. The fourth-order valence-electron chi connectivity index (χ4n) is 5.41. The lowest BCUT2D eigenvalue weighted by Crippen LogP contribution is -2.49. The highest BCUT2D eigenvalue weighted by Crippen LogP contribution is 2.34. The molecule has 3 heterocycles. The van der Waals surface area contributed by atoms with Crippen LogP contribution in [0.4, 0.5) is 5.69 Å². The van der Waals surface area contributed by atoms with Gasteiger partial charge in [0.1, 0.15) is 18.1 Å². The molecule has 0 unspecified atom stereocenters. The third-order valence-corrected chi connectivity index (χ3v) is 7.46. The SMILES string of the molecule is CC(C)(C)NC(=O)[C@H](c1ccc(N2CCOCC2)cc1)N(Cc1ccc2c(c1)OCO2)C(=O)Cn1nnc2ccccc21. The summed E-state index contributed by atoms with van der Waals surface area (Å²) in [6, 6.07) is 20.0. The van der Waals surface area contributed by atoms with E-state index in [-0.39, 0.29) is 31.7 Å². The molecule has 0 bridgehead atoms. The van der Waals surface area contributed by atoms with Crippen molar-refractivity contribution in [2.24, 2.45) is 0 Å². The predicted octanol–water partition coefficient (Wildman–Crippen LogP) is 3.68. The molecule has 11 heteroatoms. The summed E-state index contributed by atoms with van der Waals surface area (Å²) in [6.45, 7) is 8.94. The Morgan fingerprint density at radius 1 is 0.977 bits per heavy atom. The molecule has 0 saturated carbocycles. The number of benzene rings is 3. The Morgan fingerprint density at radius 3 is 2.49 bits per heavy atom. The topological polar surface area (TPSA) is 111 Å². The number of nitrogens with zero attached hydrogens (tertiary/aromatic N) is 5. The van der Waals surface area contributed by atoms with Crippen LogP contribution in [0.2, 0.25) is 0 Å². The summed E-state index contributed by atoms with van der Waals surface area (Å²) >= 11 is 0. The average molecular weight is 585 g/mol. The molecule has 1 saturated heterocycles. The van der Waals surface area contributed by atoms with Crippen LogP contribution in [0.1, 0.15) is 37.9 Å². The van der Waals surface area contributed by atoms with Gasteiger partial charge in [-0.15, -0.1) is 5.10 Å². The van der Waals surface area contributed by atoms with Gasteiger partial charge in [-0.25, -0.2) is 4.68 Å². The number of carbonyl (C=O) groups is 2. The van der Waals surface area contributed by atoms with Gasteiger partial charge in [-0.1, -0.05) is 35.5 Å². The summed E-state index contributed by atoms with van der Waals surface area (Å²) in [5, 5.41) is 11.6. The number of nitrogens with one attached hydrogen (secondary N) is 1. The largest absolute Gasteiger partial charge is 0.454 e. The first kappa shape index (κ1) is 28.5. The zero-order valence-corrected chi connectivity index (χ0v) is 24.7. The number of carbonyl (C=O) groups excluding carboxylic acids is 2. The van der Waals surface area contributed by atoms with Gasteiger partial charge in [0.2, 0.25) is 18.6 Å². The third-order valence-electron chi connectivity index (χ3n) is 7.46. The molecule has 2 aliphatic heterocycles. The molecule has 1 aromatic heterocycles. The van der Waals surface area contributed by atoms with E-state index in [2.05, 4.69) is 20.5 Å². The molecule has 0 aliphatic carbocycles. The second kappa shape index (κ2) is 11.9. The van der Waals surface area contributed by atoms with Crippen molar-refractivity contribution in [2.75, 3.05) is 38.0 Å². The minimum absolute atomic E-state index is 0.0871. The molecule has 2 amide bonds. The highest BCUT2D eigenvalue weighted by atomic mass is 16.7. The second-order valence-corrected chi connectivity index (χ2v) is 11.8. The first-order chi connectivity index (χ1) is 20.7. The monoisotopic (exact) mass is 584 g/mol. The van der Waals surface area contributed by atoms with Crippen molar-refractivity contribution in [1.29, 1.82) is 0 Å². The maximum atomic E-state index is 14.3. The Kier molecular flexibility index (Phi) is 7.90. The molecular formula is C32H36N6O5. The standard InChI is InChI=1S/C32H36N6O5/c1-32(2,3)33-31(40)30(23-9-11-24(12-10-23)36-14-16-41-17-15-36)37(19-22-8-13-27-28(18-22)43-21-42-27)29(39)20-38-26-7-5-4-6-25(26)34-35-38/h4-13,18,30H,14-17,19-21H2,1-3H3,(H,33,40)/t30-/m0/s1. The van der Waals surface area contributed by atoms with E-state index in [0.29, 0.717) is 35.8 Å². The molecule has 4 aromatic rings. The van der Waals surface area contributed by atoms with E-state index in [1.54, 1.807) is 9.58 Å². The van der Waals surface area contributed by atoms with Crippen molar-refractivity contribution in [3.63, 3.8) is 0 Å². The molecule has 0 radical (unpaired) electrons. The first-order valence-electron chi connectivity index (χ1n) is 14.5. The van der Waals surface area contributed by atoms with Crippen molar-refractivity contribution < 1.29 is 23.8 Å². The molecule has 1 fully saturated rings. The summed E-state index contributed by atoms with van der Waals surface area (Å²) in [5.41, 5.74) is 3.47. The van der Waals surface area contributed by atoms with E-state index < -0.39 is 11.6 Å². The lowest BCUT2D eigenvalue weighted by molar-refractivity contribution is -0.142. The normalized spacial score (nSPS) is 15.4. The van der Waals surface area contributed by atoms with Crippen molar-refractivity contribution in [2.45, 2.75) is 45.4 Å². The van der Waals surface area contributed by atoms with Crippen LogP contribution in [-0.4, -0.2) is 70.3 Å². The van der Waals surface area contributed by atoms with Gasteiger partial charge in [0, 0.05) is 30.9 Å². The highest BCUT2D eigenvalue weighted by Gasteiger charge is 2.34. The molecule has 3 aromatic carbocycles. The fourth-order valence-corrected chi connectivity index (χ4v) is 5.41. The molecule has 224 valence electrons. The van der Waals surface area contributed by atoms with Crippen molar-refractivity contribution in [1.82, 2.24) is 25.2 Å². The van der Waals surface area contributed by atoms with Crippen LogP contribution in [0.15, 0.2) is 66.7 Å². The quantitative estimate of drug-likeness (QED) is 0.334. The molecular weight excluding hydrogens is 548 g/mol. The smallest absolute Gasteiger partial charge is 0.247 e. The minimum atomic E-state index is -0.911. The van der Waals surface area contributed by atoms with Crippen LogP contribution in [-0.2, 0) is 27.4 Å². The van der Waals surface area contributed by atoms with Crippen molar-refractivity contribution in [3.8, 4) is 11.5 Å². The van der Waals surface area contributed by atoms with E-state index in [9.17, 15) is 9.59 Å². The highest BCUT2D eigenvalue weighted by molar-refractivity contribution is 5.89. The Hall–Kier alpha value is -4.64. The van der Waals surface area contributed by atoms with Crippen LogP contribution in [0.5, 0.6) is 11.5 Å². The first-order valence-corrected chi connectivity index (χ1v) is 14.5. The van der Waals surface area contributed by atoms with Crippen molar-refractivity contribution in [3.05, 3.63) is 77.9 Å². The lowest BCUT2D eigenvalue weighted by atomic mass is 10.00. The van der Waals surface area contributed by atoms with Gasteiger partial charge in [0.15, 0.2) is 11.5 Å². The van der Waals surface area contributed by atoms with Crippen LogP contribution >= 0.6 is 0 Å². The maximum Gasteiger partial charge on any atom is 0.247 e. The summed E-state index contributed by atoms with van der Waals surface area (Å²) in [5.74, 6) is 0.706. The number of fused-ring (bicyclic) bond motifs is 2. The number of ether oxygens (including phenoxy) is 3. The number of morpholine rings is 1. The van der Waals surface area contributed by atoms with Gasteiger partial charge in [-0.05, 0) is 68.3 Å². The zero-order chi connectivity index (χ0) is 30.0. The van der Waals surface area contributed by atoms with Crippen LogP contribution < -0.4 is 19.7 Å². The Morgan fingerprint density at radius 2 is 1.72 bits per heavy atom. The summed E-state index contributed by atoms with van der Waals surface area (Å²) < 4.78 is 18.2. The van der Waals surface area contributed by atoms with Gasteiger partial charge in [-0.2, -0.15) is 0 Å². The fraction of sp³-hybridized carbons (Fsp3) is 0.375. The predicted molar refractivity (Wildman–Crippen MR) is 161 cm³/mol. The van der Waals surface area contributed by atoms with Crippen LogP contribution in [0.25, 0.3) is 11.0 Å². The molecule has 1 N–H and O–H groups in total. The molecule has 2 aliphatic rings. The van der Waals surface area contributed by atoms with Crippen molar-refractivity contribution >= 4 is 28.5 Å². The lowest BCUT2D eigenvalue weighted by Gasteiger charge is -2.34. The van der Waals surface area contributed by atoms with Crippen LogP contribution in [0, 0.1) is 0 Å². The van der Waals surface area contributed by atoms with E-state index in [0.717, 1.165) is 29.9 Å². The van der Waals surface area contributed by atoms with E-state index in [1.807, 2.05) is 87.5 Å². The average Bonchev–Trinajstić information content (AvgIpc) is 3.63.